The normalized spacial score (nSPS) is 11.7. The third-order valence-electron chi connectivity index (χ3n) is 7.81. The number of ether oxygens (including phenoxy) is 1. The van der Waals surface area contributed by atoms with Crippen LogP contribution in [0.5, 0.6) is 5.75 Å². The van der Waals surface area contributed by atoms with Crippen LogP contribution in [0.25, 0.3) is 61.5 Å². The Hall–Kier alpha value is -5.45. The molecule has 4 aromatic heterocycles. The van der Waals surface area contributed by atoms with Gasteiger partial charge in [0.05, 0.1) is 53.6 Å². The Morgan fingerprint density at radius 2 is 1.64 bits per heavy atom. The van der Waals surface area contributed by atoms with Gasteiger partial charge in [-0.1, -0.05) is 12.1 Å². The van der Waals surface area contributed by atoms with Gasteiger partial charge in [0.15, 0.2) is 5.82 Å². The highest BCUT2D eigenvalue weighted by molar-refractivity contribution is 5.96. The standard InChI is InChI=1S/C31H27FN8O2/c1-36-17-33-15-28(36)30-35-25-12-22(19-14-34-37(2)16-19)24(32)13-26(25)40(30)20-10-23(18-6-8-21(42-5)9-7-18)29-27(11-20)38(3)31(41)39(29)4/h6-17H,1-5H3. The molecule has 210 valence electrons. The smallest absolute Gasteiger partial charge is 0.328 e. The molecule has 0 bridgehead atoms. The maximum Gasteiger partial charge on any atom is 0.328 e. The number of halogens is 1. The molecular weight excluding hydrogens is 535 g/mol. The van der Waals surface area contributed by atoms with Gasteiger partial charge in [-0.05, 0) is 35.9 Å². The lowest BCUT2D eigenvalue weighted by Crippen LogP contribution is -2.19. The van der Waals surface area contributed by atoms with Gasteiger partial charge in [-0.15, -0.1) is 0 Å². The van der Waals surface area contributed by atoms with Gasteiger partial charge in [-0.3, -0.25) is 18.4 Å². The van der Waals surface area contributed by atoms with Crippen molar-refractivity contribution >= 4 is 22.1 Å². The van der Waals surface area contributed by atoms with Crippen LogP contribution in [0.3, 0.4) is 0 Å². The summed E-state index contributed by atoms with van der Waals surface area (Å²) in [5.74, 6) is 0.928. The maximum absolute atomic E-state index is 15.8. The van der Waals surface area contributed by atoms with E-state index in [0.29, 0.717) is 28.0 Å². The van der Waals surface area contributed by atoms with Crippen molar-refractivity contribution in [2.45, 2.75) is 0 Å². The lowest BCUT2D eigenvalue weighted by atomic mass is 10.0. The topological polar surface area (TPSA) is 89.6 Å². The van der Waals surface area contributed by atoms with Crippen LogP contribution in [0.4, 0.5) is 4.39 Å². The van der Waals surface area contributed by atoms with Crippen LogP contribution in [0.15, 0.2) is 78.2 Å². The Kier molecular flexibility index (Phi) is 5.65. The first-order chi connectivity index (χ1) is 20.2. The highest BCUT2D eigenvalue weighted by Crippen LogP contribution is 2.37. The molecule has 7 aromatic rings. The number of nitrogens with zero attached hydrogens (tertiary/aromatic N) is 8. The third kappa shape index (κ3) is 3.77. The van der Waals surface area contributed by atoms with Gasteiger partial charge in [0, 0.05) is 57.1 Å². The predicted molar refractivity (Wildman–Crippen MR) is 159 cm³/mol. The zero-order valence-corrected chi connectivity index (χ0v) is 23.7. The molecule has 3 aromatic carbocycles. The van der Waals surface area contributed by atoms with Gasteiger partial charge in [0.1, 0.15) is 17.3 Å². The van der Waals surface area contributed by atoms with Crippen LogP contribution >= 0.6 is 0 Å². The molecule has 11 heteroatoms. The first kappa shape index (κ1) is 25.5. The number of aryl methyl sites for hydroxylation is 4. The molecule has 0 radical (unpaired) electrons. The number of hydrogen-bond donors (Lipinski definition) is 0. The summed E-state index contributed by atoms with van der Waals surface area (Å²) in [6, 6.07) is 14.9. The molecule has 4 heterocycles. The van der Waals surface area contributed by atoms with Crippen LogP contribution in [-0.4, -0.2) is 45.1 Å². The van der Waals surface area contributed by atoms with Gasteiger partial charge >= 0.3 is 5.69 Å². The summed E-state index contributed by atoms with van der Waals surface area (Å²) >= 11 is 0. The van der Waals surface area contributed by atoms with E-state index >= 15 is 4.39 Å². The van der Waals surface area contributed by atoms with Crippen molar-refractivity contribution in [1.82, 2.24) is 38.0 Å². The third-order valence-corrected chi connectivity index (χ3v) is 7.81. The van der Waals surface area contributed by atoms with Gasteiger partial charge in [-0.25, -0.2) is 19.2 Å². The number of hydrogen-bond acceptors (Lipinski definition) is 5. The zero-order valence-electron chi connectivity index (χ0n) is 23.7. The number of rotatable bonds is 5. The van der Waals surface area contributed by atoms with Crippen LogP contribution in [0.1, 0.15) is 0 Å². The van der Waals surface area contributed by atoms with E-state index in [-0.39, 0.29) is 5.69 Å². The molecule has 0 amide bonds. The molecule has 7 rings (SSSR count). The van der Waals surface area contributed by atoms with Crippen molar-refractivity contribution in [3.8, 4) is 45.2 Å². The van der Waals surface area contributed by atoms with Crippen molar-refractivity contribution in [1.29, 1.82) is 0 Å². The second-order valence-electron chi connectivity index (χ2n) is 10.4. The van der Waals surface area contributed by atoms with E-state index in [2.05, 4.69) is 10.1 Å². The number of fused-ring (bicyclic) bond motifs is 2. The van der Waals surface area contributed by atoms with E-state index in [4.69, 9.17) is 9.72 Å². The van der Waals surface area contributed by atoms with Gasteiger partial charge < -0.3 is 9.30 Å². The lowest BCUT2D eigenvalue weighted by Gasteiger charge is -2.14. The molecule has 42 heavy (non-hydrogen) atoms. The molecule has 0 saturated carbocycles. The highest BCUT2D eigenvalue weighted by atomic mass is 19.1. The molecule has 0 unspecified atom stereocenters. The second kappa shape index (κ2) is 9.30. The van der Waals surface area contributed by atoms with Crippen LogP contribution in [0, 0.1) is 5.82 Å². The molecule has 0 aliphatic heterocycles. The average Bonchev–Trinajstić information content (AvgIpc) is 3.75. The van der Waals surface area contributed by atoms with Crippen LogP contribution < -0.4 is 10.4 Å². The summed E-state index contributed by atoms with van der Waals surface area (Å²) in [5, 5.41) is 4.21. The maximum atomic E-state index is 15.8. The number of imidazole rings is 3. The van der Waals surface area contributed by atoms with Gasteiger partial charge in [0.25, 0.3) is 0 Å². The van der Waals surface area contributed by atoms with Crippen LogP contribution in [-0.2, 0) is 28.2 Å². The van der Waals surface area contributed by atoms with Gasteiger partial charge in [-0.2, -0.15) is 5.10 Å². The van der Waals surface area contributed by atoms with E-state index in [9.17, 15) is 4.79 Å². The highest BCUT2D eigenvalue weighted by Gasteiger charge is 2.23. The van der Waals surface area contributed by atoms with Crippen molar-refractivity contribution in [2.24, 2.45) is 28.2 Å². The molecule has 10 nitrogen and oxygen atoms in total. The minimum atomic E-state index is -0.392. The Morgan fingerprint density at radius 1 is 0.857 bits per heavy atom. The minimum absolute atomic E-state index is 0.147. The Bertz CT molecular complexity index is 2210. The molecule has 0 fully saturated rings. The lowest BCUT2D eigenvalue weighted by molar-refractivity contribution is 0.415. The molecule has 0 atom stereocenters. The second-order valence-corrected chi connectivity index (χ2v) is 10.4. The molecule has 0 spiro atoms. The number of aromatic nitrogens is 8. The molecule has 0 aliphatic carbocycles. The largest absolute Gasteiger partial charge is 0.497 e. The monoisotopic (exact) mass is 562 g/mol. The quantitative estimate of drug-likeness (QED) is 0.300. The summed E-state index contributed by atoms with van der Waals surface area (Å²) in [6.07, 6.45) is 6.84. The fraction of sp³-hybridized carbons (Fsp3) is 0.161. The summed E-state index contributed by atoms with van der Waals surface area (Å²) in [6.45, 7) is 0. The Morgan fingerprint density at radius 3 is 2.31 bits per heavy atom. The summed E-state index contributed by atoms with van der Waals surface area (Å²) in [4.78, 5) is 22.4. The fourth-order valence-corrected chi connectivity index (χ4v) is 5.64. The SMILES string of the molecule is COc1ccc(-c2cc(-n3c(-c4cncn4C)nc4cc(-c5cnn(C)c5)c(F)cc43)cc3c2n(C)c(=O)n3C)cc1. The Labute approximate surface area is 239 Å². The Balaban J connectivity index is 1.57. The summed E-state index contributed by atoms with van der Waals surface area (Å²) in [5.41, 5.74) is 6.86. The van der Waals surface area contributed by atoms with Crippen molar-refractivity contribution in [3.05, 3.63) is 89.8 Å². The van der Waals surface area contributed by atoms with E-state index in [0.717, 1.165) is 39.3 Å². The van der Waals surface area contributed by atoms with E-state index in [1.807, 2.05) is 52.6 Å². The molecular formula is C31H27FN8O2. The van der Waals surface area contributed by atoms with Crippen molar-refractivity contribution in [3.63, 3.8) is 0 Å². The van der Waals surface area contributed by atoms with E-state index in [1.54, 1.807) is 73.1 Å². The minimum Gasteiger partial charge on any atom is -0.497 e. The molecule has 0 saturated heterocycles. The fourth-order valence-electron chi connectivity index (χ4n) is 5.64. The van der Waals surface area contributed by atoms with Crippen molar-refractivity contribution < 1.29 is 9.13 Å². The average molecular weight is 563 g/mol. The number of benzene rings is 3. The van der Waals surface area contributed by atoms with E-state index < -0.39 is 5.82 Å². The molecule has 0 aliphatic rings. The summed E-state index contributed by atoms with van der Waals surface area (Å²) < 4.78 is 29.8. The first-order valence-electron chi connectivity index (χ1n) is 13.3. The van der Waals surface area contributed by atoms with E-state index in [1.165, 1.54) is 6.07 Å². The predicted octanol–water partition coefficient (Wildman–Crippen LogP) is 4.83. The summed E-state index contributed by atoms with van der Waals surface area (Å²) in [7, 11) is 8.82. The molecule has 0 N–H and O–H groups in total. The number of methoxy groups -OCH3 is 1. The van der Waals surface area contributed by atoms with Crippen LogP contribution in [0.2, 0.25) is 0 Å². The first-order valence-corrected chi connectivity index (χ1v) is 13.3. The zero-order chi connectivity index (χ0) is 29.3. The van der Waals surface area contributed by atoms with Gasteiger partial charge in [0.2, 0.25) is 0 Å². The van der Waals surface area contributed by atoms with Crippen molar-refractivity contribution in [2.75, 3.05) is 7.11 Å².